The van der Waals surface area contributed by atoms with E-state index in [4.69, 9.17) is 0 Å². The molecule has 0 unspecified atom stereocenters. The van der Waals surface area contributed by atoms with Crippen LogP contribution in [0, 0.1) is 50.7 Å². The molecule has 3 nitrogen and oxygen atoms in total. The van der Waals surface area contributed by atoms with Crippen LogP contribution in [0.1, 0.15) is 99.3 Å². The van der Waals surface area contributed by atoms with E-state index in [1.54, 1.807) is 5.57 Å². The van der Waals surface area contributed by atoms with Crippen molar-refractivity contribution in [2.24, 2.45) is 50.7 Å². The van der Waals surface area contributed by atoms with Crippen LogP contribution in [0.5, 0.6) is 0 Å². The molecular formula is C29H48O3. The Morgan fingerprint density at radius 2 is 1.53 bits per heavy atom. The Hall–Kier alpha value is -0.380. The van der Waals surface area contributed by atoms with E-state index >= 15 is 0 Å². The maximum absolute atomic E-state index is 10.9. The van der Waals surface area contributed by atoms with Gasteiger partial charge in [-0.05, 0) is 103 Å². The SMILES string of the molecule is CC1(C)CC[C@]2(CO)CC[C@H]3C(=CC[C@H]4[C@@]3(C)CC[C@H]3C(C)(C)[C@H](O)[C@H](O)C[C@]43C)[C@@H]2C1. The molecule has 3 heteroatoms. The van der Waals surface area contributed by atoms with Gasteiger partial charge in [0.2, 0.25) is 0 Å². The normalized spacial score (nSPS) is 53.8. The number of hydrogen-bond donors (Lipinski definition) is 3. The minimum Gasteiger partial charge on any atom is -0.396 e. The quantitative estimate of drug-likeness (QED) is 0.453. The number of aliphatic hydroxyl groups is 3. The third-order valence-corrected chi connectivity index (χ3v) is 12.3. The topological polar surface area (TPSA) is 60.7 Å². The zero-order valence-electron chi connectivity index (χ0n) is 21.5. The van der Waals surface area contributed by atoms with Gasteiger partial charge in [0.15, 0.2) is 0 Å². The van der Waals surface area contributed by atoms with Crippen LogP contribution in [-0.4, -0.2) is 34.1 Å². The molecule has 0 aliphatic heterocycles. The van der Waals surface area contributed by atoms with Gasteiger partial charge in [-0.25, -0.2) is 0 Å². The van der Waals surface area contributed by atoms with Gasteiger partial charge in [0.1, 0.15) is 0 Å². The summed E-state index contributed by atoms with van der Waals surface area (Å²) in [5.74, 6) is 2.16. The Morgan fingerprint density at radius 3 is 2.22 bits per heavy atom. The standard InChI is InChI=1S/C29H48O3/c1-25(2)13-14-29(17-30)12-9-19-18(20(29)15-25)7-8-23-27(19,5)11-10-22-26(3,4)24(32)21(31)16-28(22,23)6/h7,19-24,30-32H,8-17H2,1-6H3/t19-,20-,21+,22-,23-,24+,27-,28-,29-/m0/s1. The Kier molecular flexibility index (Phi) is 5.17. The molecule has 0 bridgehead atoms. The number of aliphatic hydroxyl groups excluding tert-OH is 3. The van der Waals surface area contributed by atoms with Gasteiger partial charge in [0, 0.05) is 12.0 Å². The molecule has 0 aromatic carbocycles. The molecule has 4 saturated carbocycles. The van der Waals surface area contributed by atoms with E-state index in [1.165, 1.54) is 38.5 Å². The molecular weight excluding hydrogens is 396 g/mol. The highest BCUT2D eigenvalue weighted by Crippen LogP contribution is 2.71. The van der Waals surface area contributed by atoms with Gasteiger partial charge in [-0.2, -0.15) is 0 Å². The zero-order valence-corrected chi connectivity index (χ0v) is 21.5. The van der Waals surface area contributed by atoms with Gasteiger partial charge in [-0.15, -0.1) is 0 Å². The summed E-state index contributed by atoms with van der Waals surface area (Å²) in [4.78, 5) is 0. The molecule has 182 valence electrons. The van der Waals surface area contributed by atoms with E-state index in [-0.39, 0.29) is 21.7 Å². The molecule has 0 heterocycles. The van der Waals surface area contributed by atoms with Crippen LogP contribution in [0.3, 0.4) is 0 Å². The lowest BCUT2D eigenvalue weighted by Crippen LogP contribution is -2.64. The lowest BCUT2D eigenvalue weighted by Gasteiger charge is -2.68. The summed E-state index contributed by atoms with van der Waals surface area (Å²) < 4.78 is 0. The van der Waals surface area contributed by atoms with Crippen LogP contribution < -0.4 is 0 Å². The van der Waals surface area contributed by atoms with Crippen molar-refractivity contribution >= 4 is 0 Å². The van der Waals surface area contributed by atoms with E-state index < -0.39 is 12.2 Å². The molecule has 9 atom stereocenters. The summed E-state index contributed by atoms with van der Waals surface area (Å²) in [6, 6.07) is 0. The number of allylic oxidation sites excluding steroid dienone is 2. The minimum atomic E-state index is -0.621. The molecule has 32 heavy (non-hydrogen) atoms. The van der Waals surface area contributed by atoms with Gasteiger partial charge in [0.25, 0.3) is 0 Å². The first-order valence-electron chi connectivity index (χ1n) is 13.5. The molecule has 0 saturated heterocycles. The summed E-state index contributed by atoms with van der Waals surface area (Å²) >= 11 is 0. The van der Waals surface area contributed by atoms with Crippen molar-refractivity contribution in [2.45, 2.75) is 112 Å². The third kappa shape index (κ3) is 2.95. The summed E-state index contributed by atoms with van der Waals surface area (Å²) in [5, 5.41) is 32.3. The first-order valence-corrected chi connectivity index (χ1v) is 13.5. The molecule has 0 radical (unpaired) electrons. The van der Waals surface area contributed by atoms with Gasteiger partial charge < -0.3 is 15.3 Å². The van der Waals surface area contributed by atoms with Crippen LogP contribution in [-0.2, 0) is 0 Å². The predicted octanol–water partition coefficient (Wildman–Crippen LogP) is 5.72. The first-order chi connectivity index (χ1) is 14.8. The van der Waals surface area contributed by atoms with Crippen molar-refractivity contribution in [3.8, 4) is 0 Å². The van der Waals surface area contributed by atoms with Crippen molar-refractivity contribution in [1.29, 1.82) is 0 Å². The van der Waals surface area contributed by atoms with Crippen LogP contribution >= 0.6 is 0 Å². The van der Waals surface area contributed by atoms with E-state index in [9.17, 15) is 15.3 Å². The molecule has 0 aromatic heterocycles. The molecule has 5 aliphatic carbocycles. The molecule has 0 aromatic rings. The van der Waals surface area contributed by atoms with E-state index in [0.717, 1.165) is 19.3 Å². The molecule has 0 spiro atoms. The minimum absolute atomic E-state index is 0.0640. The monoisotopic (exact) mass is 444 g/mol. The molecule has 4 fully saturated rings. The summed E-state index contributed by atoms with van der Waals surface area (Å²) in [6.07, 6.45) is 11.6. The molecule has 5 aliphatic rings. The fourth-order valence-electron chi connectivity index (χ4n) is 10.4. The largest absolute Gasteiger partial charge is 0.396 e. The van der Waals surface area contributed by atoms with Gasteiger partial charge in [-0.1, -0.05) is 53.2 Å². The van der Waals surface area contributed by atoms with Crippen molar-refractivity contribution in [3.05, 3.63) is 11.6 Å². The van der Waals surface area contributed by atoms with Crippen LogP contribution in [0.25, 0.3) is 0 Å². The Bertz CT molecular complexity index is 798. The maximum atomic E-state index is 10.9. The Balaban J connectivity index is 1.54. The fourth-order valence-corrected chi connectivity index (χ4v) is 10.4. The lowest BCUT2D eigenvalue weighted by atomic mass is 9.37. The highest BCUT2D eigenvalue weighted by molar-refractivity contribution is 5.29. The van der Waals surface area contributed by atoms with E-state index in [0.29, 0.717) is 35.7 Å². The number of hydrogen-bond acceptors (Lipinski definition) is 3. The Labute approximate surface area is 196 Å². The average Bonchev–Trinajstić information content (AvgIpc) is 2.71. The maximum Gasteiger partial charge on any atom is 0.0852 e. The summed E-state index contributed by atoms with van der Waals surface area (Å²) in [7, 11) is 0. The molecule has 5 rings (SSSR count). The van der Waals surface area contributed by atoms with Crippen molar-refractivity contribution in [2.75, 3.05) is 6.61 Å². The van der Waals surface area contributed by atoms with Crippen molar-refractivity contribution < 1.29 is 15.3 Å². The highest BCUT2D eigenvalue weighted by Gasteiger charge is 2.66. The zero-order chi connectivity index (χ0) is 23.3. The number of fused-ring (bicyclic) bond motifs is 7. The second-order valence-electron chi connectivity index (χ2n) is 14.7. The van der Waals surface area contributed by atoms with Crippen molar-refractivity contribution in [3.63, 3.8) is 0 Å². The molecule has 3 N–H and O–H groups in total. The van der Waals surface area contributed by atoms with Crippen LogP contribution in [0.4, 0.5) is 0 Å². The smallest absolute Gasteiger partial charge is 0.0852 e. The van der Waals surface area contributed by atoms with Crippen LogP contribution in [0.15, 0.2) is 11.6 Å². The molecule has 0 amide bonds. The average molecular weight is 445 g/mol. The highest BCUT2D eigenvalue weighted by atomic mass is 16.3. The number of rotatable bonds is 1. The summed E-state index contributed by atoms with van der Waals surface area (Å²) in [6.45, 7) is 14.6. The predicted molar refractivity (Wildman–Crippen MR) is 129 cm³/mol. The fraction of sp³-hybridized carbons (Fsp3) is 0.931. The first kappa shape index (κ1) is 23.4. The second-order valence-corrected chi connectivity index (χ2v) is 14.7. The van der Waals surface area contributed by atoms with Crippen molar-refractivity contribution in [1.82, 2.24) is 0 Å². The Morgan fingerprint density at radius 1 is 0.812 bits per heavy atom. The second kappa shape index (κ2) is 7.08. The third-order valence-electron chi connectivity index (χ3n) is 12.3. The summed E-state index contributed by atoms with van der Waals surface area (Å²) in [5.41, 5.74) is 2.24. The van der Waals surface area contributed by atoms with E-state index in [1.807, 2.05) is 0 Å². The van der Waals surface area contributed by atoms with Crippen LogP contribution in [0.2, 0.25) is 0 Å². The van der Waals surface area contributed by atoms with Gasteiger partial charge in [0.05, 0.1) is 12.2 Å². The van der Waals surface area contributed by atoms with Gasteiger partial charge in [-0.3, -0.25) is 0 Å². The van der Waals surface area contributed by atoms with Gasteiger partial charge >= 0.3 is 0 Å². The lowest BCUT2D eigenvalue weighted by molar-refractivity contribution is -0.220. The van der Waals surface area contributed by atoms with E-state index in [2.05, 4.69) is 47.6 Å².